The number of nitrogens with zero attached hydrogens (tertiary/aromatic N) is 3. The van der Waals surface area contributed by atoms with E-state index in [-0.39, 0.29) is 17.6 Å². The topological polar surface area (TPSA) is 67.3 Å². The van der Waals surface area contributed by atoms with Gasteiger partial charge in [0.1, 0.15) is 11.6 Å². The van der Waals surface area contributed by atoms with Crippen LogP contribution in [-0.4, -0.2) is 35.6 Å². The van der Waals surface area contributed by atoms with E-state index in [4.69, 9.17) is 4.74 Å². The highest BCUT2D eigenvalue weighted by atomic mass is 19.1. The summed E-state index contributed by atoms with van der Waals surface area (Å²) in [6.45, 7) is 3.78. The predicted molar refractivity (Wildman–Crippen MR) is 119 cm³/mol. The first-order valence-electron chi connectivity index (χ1n) is 10.5. The molecule has 0 saturated carbocycles. The molecule has 0 unspecified atom stereocenters. The number of anilines is 2. The SMILES string of the molecule is CCOc1ccccc1NC(=O)[C@H]1CCCN(c2ncc(-c3cccc(F)c3)cn2)C1. The summed E-state index contributed by atoms with van der Waals surface area (Å²) in [6, 6.07) is 13.8. The number of halogens is 1. The average Bonchev–Trinajstić information content (AvgIpc) is 2.81. The number of hydrogen-bond acceptors (Lipinski definition) is 5. The summed E-state index contributed by atoms with van der Waals surface area (Å²) in [7, 11) is 0. The van der Waals surface area contributed by atoms with Crippen molar-refractivity contribution < 1.29 is 13.9 Å². The number of amides is 1. The fraction of sp³-hybridized carbons (Fsp3) is 0.292. The van der Waals surface area contributed by atoms with Gasteiger partial charge in [0.2, 0.25) is 11.9 Å². The number of aromatic nitrogens is 2. The Morgan fingerprint density at radius 2 is 1.97 bits per heavy atom. The van der Waals surface area contributed by atoms with Gasteiger partial charge in [0.05, 0.1) is 18.2 Å². The molecular formula is C24H25FN4O2. The van der Waals surface area contributed by atoms with Gasteiger partial charge in [-0.25, -0.2) is 14.4 Å². The van der Waals surface area contributed by atoms with E-state index in [0.717, 1.165) is 30.5 Å². The highest BCUT2D eigenvalue weighted by Gasteiger charge is 2.27. The maximum absolute atomic E-state index is 13.5. The first-order chi connectivity index (χ1) is 15.1. The summed E-state index contributed by atoms with van der Waals surface area (Å²) in [5.74, 6) is 0.746. The van der Waals surface area contributed by atoms with Crippen LogP contribution in [0.25, 0.3) is 11.1 Å². The summed E-state index contributed by atoms with van der Waals surface area (Å²) >= 11 is 0. The average molecular weight is 420 g/mol. The van der Waals surface area contributed by atoms with Crippen LogP contribution in [-0.2, 0) is 4.79 Å². The van der Waals surface area contributed by atoms with Gasteiger partial charge in [0.25, 0.3) is 0 Å². The second kappa shape index (κ2) is 9.55. The Morgan fingerprint density at radius 1 is 1.16 bits per heavy atom. The summed E-state index contributed by atoms with van der Waals surface area (Å²) < 4.78 is 19.1. The molecule has 31 heavy (non-hydrogen) atoms. The molecule has 1 N–H and O–H groups in total. The summed E-state index contributed by atoms with van der Waals surface area (Å²) in [5, 5.41) is 3.01. The number of nitrogens with one attached hydrogen (secondary N) is 1. The van der Waals surface area contributed by atoms with Crippen molar-refractivity contribution in [3.05, 3.63) is 66.7 Å². The van der Waals surface area contributed by atoms with Gasteiger partial charge in [-0.15, -0.1) is 0 Å². The van der Waals surface area contributed by atoms with Gasteiger partial charge in [0.15, 0.2) is 0 Å². The van der Waals surface area contributed by atoms with Crippen molar-refractivity contribution in [2.24, 2.45) is 5.92 Å². The Morgan fingerprint density at radius 3 is 2.74 bits per heavy atom. The zero-order valence-electron chi connectivity index (χ0n) is 17.4. The molecule has 1 aliphatic rings. The number of para-hydroxylation sites is 2. The molecule has 2 heterocycles. The number of carbonyl (C=O) groups is 1. The van der Waals surface area contributed by atoms with Crippen LogP contribution < -0.4 is 15.0 Å². The molecule has 160 valence electrons. The number of hydrogen-bond donors (Lipinski definition) is 1. The maximum atomic E-state index is 13.5. The minimum atomic E-state index is -0.294. The largest absolute Gasteiger partial charge is 0.492 e. The van der Waals surface area contributed by atoms with Crippen molar-refractivity contribution >= 4 is 17.5 Å². The van der Waals surface area contributed by atoms with E-state index in [1.807, 2.05) is 42.2 Å². The minimum Gasteiger partial charge on any atom is -0.492 e. The van der Waals surface area contributed by atoms with Crippen molar-refractivity contribution in [1.29, 1.82) is 0 Å². The number of piperidine rings is 1. The quantitative estimate of drug-likeness (QED) is 0.634. The minimum absolute atomic E-state index is 0.0340. The van der Waals surface area contributed by atoms with Gasteiger partial charge in [-0.1, -0.05) is 24.3 Å². The molecule has 1 saturated heterocycles. The highest BCUT2D eigenvalue weighted by Crippen LogP contribution is 2.27. The van der Waals surface area contributed by atoms with Crippen molar-refractivity contribution in [3.8, 4) is 16.9 Å². The molecule has 1 atom stereocenters. The van der Waals surface area contributed by atoms with Gasteiger partial charge in [-0.3, -0.25) is 4.79 Å². The van der Waals surface area contributed by atoms with Crippen LogP contribution in [0.4, 0.5) is 16.0 Å². The molecule has 0 spiro atoms. The lowest BCUT2D eigenvalue weighted by Gasteiger charge is -2.32. The number of carbonyl (C=O) groups excluding carboxylic acids is 1. The summed E-state index contributed by atoms with van der Waals surface area (Å²) in [4.78, 5) is 23.9. The van der Waals surface area contributed by atoms with E-state index in [2.05, 4.69) is 15.3 Å². The normalized spacial score (nSPS) is 16.1. The molecule has 1 fully saturated rings. The van der Waals surface area contributed by atoms with Crippen LogP contribution in [0, 0.1) is 11.7 Å². The molecule has 1 amide bonds. The molecule has 1 aromatic heterocycles. The van der Waals surface area contributed by atoms with E-state index >= 15 is 0 Å². The van der Waals surface area contributed by atoms with Gasteiger partial charge < -0.3 is 15.0 Å². The third kappa shape index (κ3) is 4.99. The third-order valence-corrected chi connectivity index (χ3v) is 5.32. The molecule has 6 nitrogen and oxygen atoms in total. The van der Waals surface area contributed by atoms with Crippen molar-refractivity contribution in [2.75, 3.05) is 29.9 Å². The smallest absolute Gasteiger partial charge is 0.229 e. The zero-order valence-corrected chi connectivity index (χ0v) is 17.4. The van der Waals surface area contributed by atoms with Gasteiger partial charge in [-0.05, 0) is 49.6 Å². The molecule has 2 aromatic carbocycles. The molecule has 0 radical (unpaired) electrons. The van der Waals surface area contributed by atoms with Crippen molar-refractivity contribution in [1.82, 2.24) is 9.97 Å². The Bertz CT molecular complexity index is 1040. The van der Waals surface area contributed by atoms with Crippen LogP contribution in [0.1, 0.15) is 19.8 Å². The first kappa shape index (κ1) is 20.8. The van der Waals surface area contributed by atoms with Crippen LogP contribution in [0.5, 0.6) is 5.75 Å². The standard InChI is InChI=1S/C24H25FN4O2/c1-2-31-22-11-4-3-10-21(22)28-23(30)18-8-6-12-29(16-18)24-26-14-19(15-27-24)17-7-5-9-20(25)13-17/h3-5,7,9-11,13-15,18H,2,6,8,12,16H2,1H3,(H,28,30)/t18-/m0/s1. The Hall–Kier alpha value is -3.48. The molecule has 1 aliphatic heterocycles. The third-order valence-electron chi connectivity index (χ3n) is 5.32. The molecule has 0 aliphatic carbocycles. The Balaban J connectivity index is 1.43. The van der Waals surface area contributed by atoms with E-state index < -0.39 is 0 Å². The number of rotatable bonds is 6. The zero-order chi connectivity index (χ0) is 21.6. The van der Waals surface area contributed by atoms with E-state index in [0.29, 0.717) is 30.5 Å². The van der Waals surface area contributed by atoms with Crippen molar-refractivity contribution in [2.45, 2.75) is 19.8 Å². The second-order valence-electron chi connectivity index (χ2n) is 7.49. The number of benzene rings is 2. The van der Waals surface area contributed by atoms with Gasteiger partial charge in [-0.2, -0.15) is 0 Å². The van der Waals surface area contributed by atoms with Crippen molar-refractivity contribution in [3.63, 3.8) is 0 Å². The lowest BCUT2D eigenvalue weighted by atomic mass is 9.97. The number of ether oxygens (including phenoxy) is 1. The lowest BCUT2D eigenvalue weighted by molar-refractivity contribution is -0.120. The van der Waals surface area contributed by atoms with E-state index in [1.54, 1.807) is 18.5 Å². The summed E-state index contributed by atoms with van der Waals surface area (Å²) in [5.41, 5.74) is 2.17. The molecule has 4 rings (SSSR count). The molecule has 3 aromatic rings. The summed E-state index contributed by atoms with van der Waals surface area (Å²) in [6.07, 6.45) is 5.07. The monoisotopic (exact) mass is 420 g/mol. The highest BCUT2D eigenvalue weighted by molar-refractivity contribution is 5.94. The fourth-order valence-corrected chi connectivity index (χ4v) is 3.76. The Labute approximate surface area is 181 Å². The van der Waals surface area contributed by atoms with Crippen LogP contribution in [0.3, 0.4) is 0 Å². The van der Waals surface area contributed by atoms with E-state index in [1.165, 1.54) is 12.1 Å². The first-order valence-corrected chi connectivity index (χ1v) is 10.5. The predicted octanol–water partition coefficient (Wildman–Crippen LogP) is 4.54. The Kier molecular flexibility index (Phi) is 6.40. The van der Waals surface area contributed by atoms with Crippen LogP contribution in [0.15, 0.2) is 60.9 Å². The van der Waals surface area contributed by atoms with Gasteiger partial charge >= 0.3 is 0 Å². The van der Waals surface area contributed by atoms with E-state index in [9.17, 15) is 9.18 Å². The molecular weight excluding hydrogens is 395 g/mol. The molecule has 0 bridgehead atoms. The van der Waals surface area contributed by atoms with Crippen LogP contribution >= 0.6 is 0 Å². The second-order valence-corrected chi connectivity index (χ2v) is 7.49. The fourth-order valence-electron chi connectivity index (χ4n) is 3.76. The lowest BCUT2D eigenvalue weighted by Crippen LogP contribution is -2.41. The van der Waals surface area contributed by atoms with Gasteiger partial charge in [0, 0.05) is 31.0 Å². The van der Waals surface area contributed by atoms with Crippen LogP contribution in [0.2, 0.25) is 0 Å². The maximum Gasteiger partial charge on any atom is 0.229 e. The molecule has 7 heteroatoms.